The summed E-state index contributed by atoms with van der Waals surface area (Å²) in [5.74, 6) is -0.881. The van der Waals surface area contributed by atoms with Crippen LogP contribution in [0, 0.1) is 10.3 Å². The van der Waals surface area contributed by atoms with Gasteiger partial charge in [0.2, 0.25) is 10.0 Å². The Morgan fingerprint density at radius 1 is 1.25 bits per heavy atom. The van der Waals surface area contributed by atoms with Crippen molar-refractivity contribution in [3.05, 3.63) is 29.2 Å². The Bertz CT molecular complexity index is 693. The molecule has 1 aromatic rings. The maximum Gasteiger partial charge on any atom is 0.309 e. The van der Waals surface area contributed by atoms with E-state index in [0.717, 1.165) is 0 Å². The van der Waals surface area contributed by atoms with Gasteiger partial charge in [-0.15, -0.1) is 4.91 Å². The third kappa shape index (κ3) is 1.68. The van der Waals surface area contributed by atoms with Crippen LogP contribution < -0.4 is 4.72 Å². The summed E-state index contributed by atoms with van der Waals surface area (Å²) < 4.78 is 27.0. The van der Waals surface area contributed by atoms with Gasteiger partial charge in [0.05, 0.1) is 5.41 Å². The maximum absolute atomic E-state index is 12.3. The zero-order valence-electron chi connectivity index (χ0n) is 10.4. The van der Waals surface area contributed by atoms with E-state index in [-0.39, 0.29) is 10.6 Å². The number of carbonyl (C=O) groups is 1. The van der Waals surface area contributed by atoms with Crippen LogP contribution in [0.15, 0.2) is 34.3 Å². The van der Waals surface area contributed by atoms with Crippen molar-refractivity contribution in [2.24, 2.45) is 10.6 Å². The molecule has 7 nitrogen and oxygen atoms in total. The molecule has 106 valence electrons. The molecule has 20 heavy (non-hydrogen) atoms. The van der Waals surface area contributed by atoms with E-state index in [0.29, 0.717) is 19.3 Å². The number of benzene rings is 1. The number of carboxylic acid groups (broad SMARTS) is 1. The van der Waals surface area contributed by atoms with Crippen molar-refractivity contribution in [3.63, 3.8) is 0 Å². The van der Waals surface area contributed by atoms with Gasteiger partial charge >= 0.3 is 5.97 Å². The molecule has 0 unspecified atom stereocenters. The summed E-state index contributed by atoms with van der Waals surface area (Å²) in [5.41, 5.74) is -1.59. The summed E-state index contributed by atoms with van der Waals surface area (Å²) in [6.45, 7) is 0. The molecule has 3 fully saturated rings. The summed E-state index contributed by atoms with van der Waals surface area (Å²) in [6, 6.07) is 5.65. The number of sulfonamides is 1. The van der Waals surface area contributed by atoms with E-state index < -0.39 is 26.9 Å². The summed E-state index contributed by atoms with van der Waals surface area (Å²) >= 11 is 0. The van der Waals surface area contributed by atoms with E-state index in [1.807, 2.05) is 0 Å². The lowest BCUT2D eigenvalue weighted by molar-refractivity contribution is -0.194. The zero-order chi connectivity index (χ0) is 14.6. The number of nitroso groups, excluding NO2 is 1. The minimum absolute atomic E-state index is 0.153. The van der Waals surface area contributed by atoms with Crippen LogP contribution in [0.3, 0.4) is 0 Å². The fourth-order valence-electron chi connectivity index (χ4n) is 3.22. The van der Waals surface area contributed by atoms with Crippen molar-refractivity contribution < 1.29 is 18.3 Å². The molecule has 0 radical (unpaired) electrons. The molecule has 4 rings (SSSR count). The van der Waals surface area contributed by atoms with Crippen molar-refractivity contribution in [2.75, 3.05) is 0 Å². The summed E-state index contributed by atoms with van der Waals surface area (Å²) in [6.07, 6.45) is 0.891. The van der Waals surface area contributed by atoms with E-state index in [4.69, 9.17) is 5.11 Å². The Hall–Kier alpha value is -1.80. The van der Waals surface area contributed by atoms with Crippen molar-refractivity contribution in [1.29, 1.82) is 0 Å². The Morgan fingerprint density at radius 3 is 2.40 bits per heavy atom. The van der Waals surface area contributed by atoms with Gasteiger partial charge in [-0.3, -0.25) is 4.79 Å². The lowest BCUT2D eigenvalue weighted by Gasteiger charge is -2.67. The van der Waals surface area contributed by atoms with Crippen molar-refractivity contribution in [3.8, 4) is 0 Å². The molecule has 0 saturated heterocycles. The first-order valence-electron chi connectivity index (χ1n) is 6.02. The fraction of sp³-hybridized carbons (Fsp3) is 0.417. The van der Waals surface area contributed by atoms with E-state index in [1.165, 1.54) is 24.3 Å². The molecule has 1 aromatic carbocycles. The van der Waals surface area contributed by atoms with Crippen LogP contribution in [0.2, 0.25) is 0 Å². The molecule has 3 aliphatic carbocycles. The molecule has 0 aromatic heterocycles. The van der Waals surface area contributed by atoms with Crippen molar-refractivity contribution in [2.45, 2.75) is 29.7 Å². The normalized spacial score (nSPS) is 31.0. The van der Waals surface area contributed by atoms with Gasteiger partial charge in [-0.2, -0.15) is 0 Å². The van der Waals surface area contributed by atoms with Crippen LogP contribution in [0.4, 0.5) is 5.69 Å². The number of aliphatic carboxylic acids is 1. The largest absolute Gasteiger partial charge is 0.481 e. The maximum atomic E-state index is 12.3. The molecule has 0 aliphatic heterocycles. The predicted molar refractivity (Wildman–Crippen MR) is 68.9 cm³/mol. The standard InChI is InChI=1S/C12H12N2O5S/c15-10(16)11-5-12(6-11,7-11)14-20(18,19)9-4-2-1-3-8(9)13-17/h1-4,14H,5-7H2,(H,15,16). The van der Waals surface area contributed by atoms with Gasteiger partial charge in [-0.25, -0.2) is 13.1 Å². The lowest BCUT2D eigenvalue weighted by atomic mass is 9.40. The van der Waals surface area contributed by atoms with Gasteiger partial charge in [0, 0.05) is 5.54 Å². The van der Waals surface area contributed by atoms with Gasteiger partial charge in [0.1, 0.15) is 10.6 Å². The molecule has 0 atom stereocenters. The molecular weight excluding hydrogens is 284 g/mol. The van der Waals surface area contributed by atoms with E-state index in [1.54, 1.807) is 0 Å². The molecule has 0 spiro atoms. The van der Waals surface area contributed by atoms with Crippen LogP contribution in [-0.4, -0.2) is 25.0 Å². The molecule has 3 saturated carbocycles. The number of nitrogens with zero attached hydrogens (tertiary/aromatic N) is 1. The van der Waals surface area contributed by atoms with E-state index in [2.05, 4.69) is 9.90 Å². The molecule has 2 N–H and O–H groups in total. The minimum Gasteiger partial charge on any atom is -0.481 e. The zero-order valence-corrected chi connectivity index (χ0v) is 11.2. The third-order valence-electron chi connectivity index (χ3n) is 4.09. The second kappa shape index (κ2) is 3.86. The van der Waals surface area contributed by atoms with Gasteiger partial charge in [-0.05, 0) is 36.6 Å². The number of hydrogen-bond donors (Lipinski definition) is 2. The number of hydrogen-bond acceptors (Lipinski definition) is 5. The van der Waals surface area contributed by atoms with Gasteiger partial charge in [0.15, 0.2) is 0 Å². The average Bonchev–Trinajstić information content (AvgIpc) is 2.31. The summed E-state index contributed by atoms with van der Waals surface area (Å²) in [5, 5.41) is 11.7. The van der Waals surface area contributed by atoms with Gasteiger partial charge < -0.3 is 5.11 Å². The first-order valence-corrected chi connectivity index (χ1v) is 7.51. The first kappa shape index (κ1) is 13.2. The highest BCUT2D eigenvalue weighted by molar-refractivity contribution is 7.89. The van der Waals surface area contributed by atoms with E-state index >= 15 is 0 Å². The second-order valence-electron chi connectivity index (χ2n) is 5.56. The Balaban J connectivity index is 1.82. The second-order valence-corrected chi connectivity index (χ2v) is 7.21. The van der Waals surface area contributed by atoms with Gasteiger partial charge in [0.25, 0.3) is 0 Å². The van der Waals surface area contributed by atoms with Crippen LogP contribution >= 0.6 is 0 Å². The summed E-state index contributed by atoms with van der Waals surface area (Å²) in [4.78, 5) is 21.5. The van der Waals surface area contributed by atoms with Crippen LogP contribution in [0.25, 0.3) is 0 Å². The van der Waals surface area contributed by atoms with Crippen molar-refractivity contribution >= 4 is 21.7 Å². The Kier molecular flexibility index (Phi) is 2.55. The third-order valence-corrected chi connectivity index (χ3v) is 5.71. The average molecular weight is 296 g/mol. The summed E-state index contributed by atoms with van der Waals surface area (Å²) in [7, 11) is -3.87. The highest BCUT2D eigenvalue weighted by atomic mass is 32.2. The Labute approximate surface area is 115 Å². The fourth-order valence-corrected chi connectivity index (χ4v) is 4.76. The topological polar surface area (TPSA) is 113 Å². The smallest absolute Gasteiger partial charge is 0.309 e. The highest BCUT2D eigenvalue weighted by Crippen LogP contribution is 2.67. The number of rotatable bonds is 5. The molecular formula is C12H12N2O5S. The van der Waals surface area contributed by atoms with Crippen LogP contribution in [-0.2, 0) is 14.8 Å². The van der Waals surface area contributed by atoms with Crippen LogP contribution in [0.5, 0.6) is 0 Å². The molecule has 0 amide bonds. The van der Waals surface area contributed by atoms with Crippen LogP contribution in [0.1, 0.15) is 19.3 Å². The van der Waals surface area contributed by atoms with Gasteiger partial charge in [-0.1, -0.05) is 12.1 Å². The lowest BCUT2D eigenvalue weighted by Crippen LogP contribution is -2.76. The minimum atomic E-state index is -3.87. The van der Waals surface area contributed by atoms with Crippen molar-refractivity contribution in [1.82, 2.24) is 4.72 Å². The molecule has 3 aliphatic rings. The highest BCUT2D eigenvalue weighted by Gasteiger charge is 2.73. The van der Waals surface area contributed by atoms with E-state index in [9.17, 15) is 18.1 Å². The predicted octanol–water partition coefficient (Wildman–Crippen LogP) is 1.37. The number of carboxylic acids is 1. The molecule has 2 bridgehead atoms. The number of nitrogens with one attached hydrogen (secondary N) is 1. The SMILES string of the molecule is O=Nc1ccccc1S(=O)(=O)NC12CC(C(=O)O)(C1)C2. The monoisotopic (exact) mass is 296 g/mol. The first-order chi connectivity index (χ1) is 9.33. The molecule has 0 heterocycles. The quantitative estimate of drug-likeness (QED) is 0.797. The Morgan fingerprint density at radius 2 is 1.85 bits per heavy atom. The molecule has 8 heteroatoms.